The maximum atomic E-state index is 3.95. The van der Waals surface area contributed by atoms with E-state index in [1.54, 1.807) is 0 Å². The Morgan fingerprint density at radius 2 is 1.81 bits per heavy atom. The standard InChI is InChI=1S/C18H27BrN2/c1-3-18(13-7-9-14(19)10-8-13)20-15-11-16-5-4-6-17(12-15)21(16)2/h7-10,15-18,20H,3-6,11-12H2,1-2H3. The molecule has 2 nitrogen and oxygen atoms in total. The first-order chi connectivity index (χ1) is 10.2. The van der Waals surface area contributed by atoms with Crippen LogP contribution in [0, 0.1) is 0 Å². The van der Waals surface area contributed by atoms with Crippen LogP contribution in [-0.2, 0) is 0 Å². The second kappa shape index (κ2) is 6.80. The average molecular weight is 351 g/mol. The number of hydrogen-bond acceptors (Lipinski definition) is 2. The van der Waals surface area contributed by atoms with Crippen LogP contribution >= 0.6 is 15.9 Å². The Morgan fingerprint density at radius 3 is 2.38 bits per heavy atom. The Hall–Kier alpha value is -0.380. The van der Waals surface area contributed by atoms with Crippen molar-refractivity contribution in [1.29, 1.82) is 0 Å². The summed E-state index contributed by atoms with van der Waals surface area (Å²) in [5.41, 5.74) is 1.42. The topological polar surface area (TPSA) is 15.3 Å². The van der Waals surface area contributed by atoms with Crippen LogP contribution in [0.25, 0.3) is 0 Å². The maximum Gasteiger partial charge on any atom is 0.0320 e. The summed E-state index contributed by atoms with van der Waals surface area (Å²) in [6.07, 6.45) is 8.00. The third-order valence-electron chi connectivity index (χ3n) is 5.46. The molecule has 2 saturated heterocycles. The number of hydrogen-bond donors (Lipinski definition) is 1. The molecule has 0 aromatic heterocycles. The predicted octanol–water partition coefficient (Wildman–Crippen LogP) is 4.51. The lowest BCUT2D eigenvalue weighted by Crippen LogP contribution is -2.54. The molecule has 3 unspecified atom stereocenters. The minimum atomic E-state index is 0.493. The van der Waals surface area contributed by atoms with Crippen molar-refractivity contribution in [3.05, 3.63) is 34.3 Å². The van der Waals surface area contributed by atoms with Crippen LogP contribution < -0.4 is 5.32 Å². The minimum Gasteiger partial charge on any atom is -0.307 e. The minimum absolute atomic E-state index is 0.493. The van der Waals surface area contributed by atoms with Gasteiger partial charge < -0.3 is 10.2 Å². The first-order valence-electron chi connectivity index (χ1n) is 8.40. The zero-order valence-corrected chi connectivity index (χ0v) is 14.8. The molecule has 2 bridgehead atoms. The molecule has 1 N–H and O–H groups in total. The molecule has 0 aliphatic carbocycles. The summed E-state index contributed by atoms with van der Waals surface area (Å²) in [7, 11) is 2.33. The van der Waals surface area contributed by atoms with E-state index in [4.69, 9.17) is 0 Å². The summed E-state index contributed by atoms with van der Waals surface area (Å²) in [5.74, 6) is 0. The zero-order chi connectivity index (χ0) is 14.8. The smallest absolute Gasteiger partial charge is 0.0320 e. The van der Waals surface area contributed by atoms with Gasteiger partial charge in [-0.2, -0.15) is 0 Å². The third kappa shape index (κ3) is 3.52. The highest BCUT2D eigenvalue weighted by Gasteiger charge is 2.36. The van der Waals surface area contributed by atoms with Gasteiger partial charge in [0.2, 0.25) is 0 Å². The Balaban J connectivity index is 1.66. The number of halogens is 1. The molecule has 1 aromatic rings. The highest BCUT2D eigenvalue weighted by Crippen LogP contribution is 2.34. The quantitative estimate of drug-likeness (QED) is 0.859. The van der Waals surface area contributed by atoms with Gasteiger partial charge in [-0.15, -0.1) is 0 Å². The maximum absolute atomic E-state index is 3.95. The molecule has 2 fully saturated rings. The number of rotatable bonds is 4. The van der Waals surface area contributed by atoms with Crippen LogP contribution in [0.2, 0.25) is 0 Å². The second-order valence-corrected chi connectivity index (χ2v) is 7.67. The molecule has 21 heavy (non-hydrogen) atoms. The number of fused-ring (bicyclic) bond motifs is 2. The van der Waals surface area contributed by atoms with Crippen molar-refractivity contribution in [3.8, 4) is 0 Å². The van der Waals surface area contributed by atoms with Gasteiger partial charge in [-0.25, -0.2) is 0 Å². The number of piperidine rings is 2. The second-order valence-electron chi connectivity index (χ2n) is 6.75. The van der Waals surface area contributed by atoms with E-state index in [0.717, 1.165) is 23.0 Å². The van der Waals surface area contributed by atoms with Gasteiger partial charge in [0, 0.05) is 28.6 Å². The fourth-order valence-corrected chi connectivity index (χ4v) is 4.45. The molecule has 0 saturated carbocycles. The van der Waals surface area contributed by atoms with Crippen molar-refractivity contribution in [2.24, 2.45) is 0 Å². The van der Waals surface area contributed by atoms with E-state index in [-0.39, 0.29) is 0 Å². The van der Waals surface area contributed by atoms with E-state index in [1.807, 2.05) is 0 Å². The Bertz CT molecular complexity index is 445. The fraction of sp³-hybridized carbons (Fsp3) is 0.667. The average Bonchev–Trinajstić information content (AvgIpc) is 2.46. The highest BCUT2D eigenvalue weighted by molar-refractivity contribution is 9.10. The molecule has 0 amide bonds. The van der Waals surface area contributed by atoms with Crippen molar-refractivity contribution >= 4 is 15.9 Å². The lowest BCUT2D eigenvalue weighted by atomic mass is 9.82. The molecule has 3 heteroatoms. The molecule has 3 atom stereocenters. The Morgan fingerprint density at radius 1 is 1.19 bits per heavy atom. The van der Waals surface area contributed by atoms with E-state index >= 15 is 0 Å². The third-order valence-corrected chi connectivity index (χ3v) is 5.99. The summed E-state index contributed by atoms with van der Waals surface area (Å²) in [6.45, 7) is 2.29. The van der Waals surface area contributed by atoms with Crippen LogP contribution in [0.1, 0.15) is 57.1 Å². The van der Waals surface area contributed by atoms with Crippen molar-refractivity contribution < 1.29 is 0 Å². The Labute approximate surface area is 137 Å². The van der Waals surface area contributed by atoms with Crippen molar-refractivity contribution in [3.63, 3.8) is 0 Å². The summed E-state index contributed by atoms with van der Waals surface area (Å²) in [6, 6.07) is 11.6. The van der Waals surface area contributed by atoms with E-state index in [0.29, 0.717) is 12.1 Å². The van der Waals surface area contributed by atoms with Gasteiger partial charge in [-0.1, -0.05) is 41.4 Å². The molecule has 2 aliphatic rings. The lowest BCUT2D eigenvalue weighted by molar-refractivity contribution is 0.0456. The monoisotopic (exact) mass is 350 g/mol. The van der Waals surface area contributed by atoms with Gasteiger partial charge in [0.15, 0.2) is 0 Å². The van der Waals surface area contributed by atoms with Gasteiger partial charge in [0.25, 0.3) is 0 Å². The van der Waals surface area contributed by atoms with Gasteiger partial charge >= 0.3 is 0 Å². The molecule has 1 aromatic carbocycles. The van der Waals surface area contributed by atoms with Crippen molar-refractivity contribution in [1.82, 2.24) is 10.2 Å². The molecule has 2 aliphatic heterocycles. The number of nitrogens with zero attached hydrogens (tertiary/aromatic N) is 1. The molecular formula is C18H27BrN2. The van der Waals surface area contributed by atoms with E-state index in [1.165, 1.54) is 37.7 Å². The van der Waals surface area contributed by atoms with Crippen LogP contribution in [-0.4, -0.2) is 30.1 Å². The van der Waals surface area contributed by atoms with E-state index in [2.05, 4.69) is 64.4 Å². The largest absolute Gasteiger partial charge is 0.307 e. The van der Waals surface area contributed by atoms with Crippen LogP contribution in [0.3, 0.4) is 0 Å². The molecule has 116 valence electrons. The normalized spacial score (nSPS) is 31.1. The summed E-state index contributed by atoms with van der Waals surface area (Å²) >= 11 is 3.53. The van der Waals surface area contributed by atoms with Gasteiger partial charge in [0.05, 0.1) is 0 Å². The van der Waals surface area contributed by atoms with Crippen molar-refractivity contribution in [2.45, 2.75) is 69.6 Å². The molecular weight excluding hydrogens is 324 g/mol. The summed E-state index contributed by atoms with van der Waals surface area (Å²) < 4.78 is 1.16. The summed E-state index contributed by atoms with van der Waals surface area (Å²) in [4.78, 5) is 2.64. The van der Waals surface area contributed by atoms with Crippen LogP contribution in [0.15, 0.2) is 28.7 Å². The molecule has 2 heterocycles. The lowest BCUT2D eigenvalue weighted by Gasteiger charge is -2.48. The SMILES string of the molecule is CCC(NC1CC2CCCC(C1)N2C)c1ccc(Br)cc1. The molecule has 3 rings (SSSR count). The van der Waals surface area contributed by atoms with Crippen LogP contribution in [0.5, 0.6) is 0 Å². The van der Waals surface area contributed by atoms with Crippen LogP contribution in [0.4, 0.5) is 0 Å². The van der Waals surface area contributed by atoms with Gasteiger partial charge in [-0.3, -0.25) is 0 Å². The van der Waals surface area contributed by atoms with Gasteiger partial charge in [-0.05, 0) is 56.8 Å². The number of nitrogens with one attached hydrogen (secondary N) is 1. The predicted molar refractivity (Wildman–Crippen MR) is 92.5 cm³/mol. The van der Waals surface area contributed by atoms with E-state index < -0.39 is 0 Å². The summed E-state index contributed by atoms with van der Waals surface area (Å²) in [5, 5.41) is 3.95. The van der Waals surface area contributed by atoms with Crippen molar-refractivity contribution in [2.75, 3.05) is 7.05 Å². The molecule has 0 spiro atoms. The molecule has 0 radical (unpaired) electrons. The zero-order valence-electron chi connectivity index (χ0n) is 13.2. The first-order valence-corrected chi connectivity index (χ1v) is 9.20. The highest BCUT2D eigenvalue weighted by atomic mass is 79.9. The fourth-order valence-electron chi connectivity index (χ4n) is 4.18. The first kappa shape index (κ1) is 15.5. The van der Waals surface area contributed by atoms with E-state index in [9.17, 15) is 0 Å². The van der Waals surface area contributed by atoms with Gasteiger partial charge in [0.1, 0.15) is 0 Å². The Kier molecular flexibility index (Phi) is 5.03. The number of benzene rings is 1.